The number of rotatable bonds is 4. The van der Waals surface area contributed by atoms with Crippen LogP contribution in [0.5, 0.6) is 0 Å². The molecule has 7 heteroatoms. The predicted octanol–water partition coefficient (Wildman–Crippen LogP) is 3.70. The largest absolute Gasteiger partial charge is 0.444 e. The molecule has 1 saturated heterocycles. The SMILES string of the molecule is Cc1cc(C#CCNC(=O)OC(C)(C)C)ccc1-c1cn(CC2CCCCO2)nn1. The van der Waals surface area contributed by atoms with Gasteiger partial charge in [0, 0.05) is 17.7 Å². The fourth-order valence-corrected chi connectivity index (χ4v) is 3.28. The zero-order chi connectivity index (χ0) is 21.6. The third-order valence-electron chi connectivity index (χ3n) is 4.66. The number of carbonyl (C=O) groups excluding carboxylic acids is 1. The summed E-state index contributed by atoms with van der Waals surface area (Å²) in [5.74, 6) is 6.01. The molecule has 0 aliphatic carbocycles. The first-order valence-electron chi connectivity index (χ1n) is 10.4. The van der Waals surface area contributed by atoms with Crippen LogP contribution in [0.2, 0.25) is 0 Å². The summed E-state index contributed by atoms with van der Waals surface area (Å²) in [4.78, 5) is 11.6. The first-order chi connectivity index (χ1) is 14.3. The van der Waals surface area contributed by atoms with Crippen molar-refractivity contribution in [2.24, 2.45) is 0 Å². The molecule has 0 spiro atoms. The highest BCUT2D eigenvalue weighted by Crippen LogP contribution is 2.22. The van der Waals surface area contributed by atoms with Crippen LogP contribution in [-0.4, -0.2) is 45.9 Å². The van der Waals surface area contributed by atoms with E-state index < -0.39 is 11.7 Å². The van der Waals surface area contributed by atoms with Crippen LogP contribution in [-0.2, 0) is 16.0 Å². The zero-order valence-corrected chi connectivity index (χ0v) is 18.2. The molecule has 1 unspecified atom stereocenters. The molecular formula is C23H30N4O3. The molecule has 1 N–H and O–H groups in total. The van der Waals surface area contributed by atoms with Gasteiger partial charge in [-0.25, -0.2) is 9.48 Å². The third-order valence-corrected chi connectivity index (χ3v) is 4.66. The molecule has 1 aliphatic rings. The van der Waals surface area contributed by atoms with Crippen LogP contribution < -0.4 is 5.32 Å². The van der Waals surface area contributed by atoms with Crippen molar-refractivity contribution >= 4 is 6.09 Å². The molecule has 7 nitrogen and oxygen atoms in total. The highest BCUT2D eigenvalue weighted by atomic mass is 16.6. The van der Waals surface area contributed by atoms with Crippen molar-refractivity contribution in [2.45, 2.75) is 65.2 Å². The fraction of sp³-hybridized carbons (Fsp3) is 0.522. The van der Waals surface area contributed by atoms with E-state index >= 15 is 0 Å². The quantitative estimate of drug-likeness (QED) is 0.778. The van der Waals surface area contributed by atoms with Crippen molar-refractivity contribution in [2.75, 3.05) is 13.2 Å². The van der Waals surface area contributed by atoms with E-state index in [0.717, 1.165) is 48.4 Å². The second-order valence-corrected chi connectivity index (χ2v) is 8.50. The molecule has 1 aliphatic heterocycles. The van der Waals surface area contributed by atoms with Gasteiger partial charge in [-0.2, -0.15) is 0 Å². The summed E-state index contributed by atoms with van der Waals surface area (Å²) in [6.45, 7) is 9.30. The fourth-order valence-electron chi connectivity index (χ4n) is 3.28. The van der Waals surface area contributed by atoms with Crippen molar-refractivity contribution in [3.8, 4) is 23.1 Å². The predicted molar refractivity (Wildman–Crippen MR) is 115 cm³/mol. The highest BCUT2D eigenvalue weighted by Gasteiger charge is 2.16. The lowest BCUT2D eigenvalue weighted by molar-refractivity contribution is 0.00370. The van der Waals surface area contributed by atoms with E-state index in [4.69, 9.17) is 9.47 Å². The molecule has 0 radical (unpaired) electrons. The molecule has 3 rings (SSSR count). The number of carbonyl (C=O) groups is 1. The van der Waals surface area contributed by atoms with Crippen LogP contribution >= 0.6 is 0 Å². The normalized spacial score (nSPS) is 16.5. The van der Waals surface area contributed by atoms with E-state index in [2.05, 4.69) is 27.5 Å². The number of aryl methyl sites for hydroxylation is 1. The van der Waals surface area contributed by atoms with E-state index in [0.29, 0.717) is 0 Å². The average Bonchev–Trinajstić information content (AvgIpc) is 3.13. The van der Waals surface area contributed by atoms with E-state index in [1.807, 2.05) is 56.8 Å². The molecule has 0 saturated carbocycles. The molecule has 1 atom stereocenters. The Morgan fingerprint density at radius 1 is 1.37 bits per heavy atom. The molecule has 2 heterocycles. The number of hydrogen-bond acceptors (Lipinski definition) is 5. The van der Waals surface area contributed by atoms with Crippen LogP contribution in [0.15, 0.2) is 24.4 Å². The van der Waals surface area contributed by atoms with E-state index in [1.165, 1.54) is 6.42 Å². The van der Waals surface area contributed by atoms with Gasteiger partial charge in [-0.15, -0.1) is 5.10 Å². The Bertz CT molecular complexity index is 928. The third kappa shape index (κ3) is 6.60. The van der Waals surface area contributed by atoms with Crippen molar-refractivity contribution < 1.29 is 14.3 Å². The summed E-state index contributed by atoms with van der Waals surface area (Å²) in [6.07, 6.45) is 5.15. The number of amides is 1. The lowest BCUT2D eigenvalue weighted by Gasteiger charge is -2.21. The van der Waals surface area contributed by atoms with Gasteiger partial charge in [-0.3, -0.25) is 0 Å². The number of alkyl carbamates (subject to hydrolysis) is 1. The molecule has 1 amide bonds. The van der Waals surface area contributed by atoms with Crippen LogP contribution in [0.3, 0.4) is 0 Å². The van der Waals surface area contributed by atoms with Crippen LogP contribution in [0.1, 0.15) is 51.2 Å². The smallest absolute Gasteiger partial charge is 0.408 e. The number of nitrogens with zero attached hydrogens (tertiary/aromatic N) is 3. The maximum atomic E-state index is 11.6. The molecular weight excluding hydrogens is 380 g/mol. The molecule has 160 valence electrons. The van der Waals surface area contributed by atoms with Gasteiger partial charge in [0.25, 0.3) is 0 Å². The van der Waals surface area contributed by atoms with Crippen LogP contribution in [0.25, 0.3) is 11.3 Å². The summed E-state index contributed by atoms with van der Waals surface area (Å²) in [5, 5.41) is 11.2. The Kier molecular flexibility index (Phi) is 7.11. The van der Waals surface area contributed by atoms with E-state index in [9.17, 15) is 4.79 Å². The molecule has 30 heavy (non-hydrogen) atoms. The van der Waals surface area contributed by atoms with E-state index in [1.54, 1.807) is 0 Å². The number of benzene rings is 1. The van der Waals surface area contributed by atoms with Gasteiger partial charge < -0.3 is 14.8 Å². The second kappa shape index (κ2) is 9.77. The van der Waals surface area contributed by atoms with Crippen molar-refractivity contribution in [1.29, 1.82) is 0 Å². The molecule has 1 aromatic carbocycles. The summed E-state index contributed by atoms with van der Waals surface area (Å²) in [6, 6.07) is 5.97. The molecule has 2 aromatic rings. The zero-order valence-electron chi connectivity index (χ0n) is 18.2. The standard InChI is InChI=1S/C23H30N4O3/c1-17-14-18(8-7-12-24-22(28)30-23(2,3)4)10-11-20(17)21-16-27(26-25-21)15-19-9-5-6-13-29-19/h10-11,14,16,19H,5-6,9,12-13,15H2,1-4H3,(H,24,28). The molecule has 1 aromatic heterocycles. The van der Waals surface area contributed by atoms with Gasteiger partial charge in [0.15, 0.2) is 0 Å². The minimum absolute atomic E-state index is 0.223. The first-order valence-corrected chi connectivity index (χ1v) is 10.4. The van der Waals surface area contributed by atoms with Crippen LogP contribution in [0.4, 0.5) is 4.79 Å². The molecule has 0 bridgehead atoms. The van der Waals surface area contributed by atoms with Crippen LogP contribution in [0, 0.1) is 18.8 Å². The number of ether oxygens (including phenoxy) is 2. The topological polar surface area (TPSA) is 78.3 Å². The minimum Gasteiger partial charge on any atom is -0.444 e. The Balaban J connectivity index is 1.57. The van der Waals surface area contributed by atoms with Crippen molar-refractivity contribution in [3.05, 3.63) is 35.5 Å². The van der Waals surface area contributed by atoms with Crippen molar-refractivity contribution in [3.63, 3.8) is 0 Å². The summed E-state index contributed by atoms with van der Waals surface area (Å²) in [7, 11) is 0. The Morgan fingerprint density at radius 2 is 2.20 bits per heavy atom. The van der Waals surface area contributed by atoms with Gasteiger partial charge >= 0.3 is 6.09 Å². The lowest BCUT2D eigenvalue weighted by atomic mass is 10.0. The summed E-state index contributed by atoms with van der Waals surface area (Å²) in [5.41, 5.74) is 3.31. The van der Waals surface area contributed by atoms with Gasteiger partial charge in [0.05, 0.1) is 25.4 Å². The van der Waals surface area contributed by atoms with Crippen molar-refractivity contribution in [1.82, 2.24) is 20.3 Å². The van der Waals surface area contributed by atoms with Gasteiger partial charge in [0.1, 0.15) is 11.3 Å². The maximum Gasteiger partial charge on any atom is 0.408 e. The minimum atomic E-state index is -0.518. The maximum absolute atomic E-state index is 11.6. The van der Waals surface area contributed by atoms with Gasteiger partial charge in [0.2, 0.25) is 0 Å². The van der Waals surface area contributed by atoms with Gasteiger partial charge in [-0.1, -0.05) is 23.1 Å². The molecule has 1 fully saturated rings. The average molecular weight is 411 g/mol. The number of nitrogens with one attached hydrogen (secondary N) is 1. The number of hydrogen-bond donors (Lipinski definition) is 1. The summed E-state index contributed by atoms with van der Waals surface area (Å²) >= 11 is 0. The number of aromatic nitrogens is 3. The lowest BCUT2D eigenvalue weighted by Crippen LogP contribution is -2.32. The first kappa shape index (κ1) is 21.8. The Hall–Kier alpha value is -2.85. The highest BCUT2D eigenvalue weighted by molar-refractivity contribution is 5.68. The monoisotopic (exact) mass is 410 g/mol. The second-order valence-electron chi connectivity index (χ2n) is 8.50. The summed E-state index contributed by atoms with van der Waals surface area (Å²) < 4.78 is 12.8. The van der Waals surface area contributed by atoms with E-state index in [-0.39, 0.29) is 12.6 Å². The Labute approximate surface area is 178 Å². The Morgan fingerprint density at radius 3 is 2.90 bits per heavy atom. The van der Waals surface area contributed by atoms with Gasteiger partial charge in [-0.05, 0) is 64.7 Å².